The molecule has 0 spiro atoms. The van der Waals surface area contributed by atoms with E-state index >= 15 is 0 Å². The van der Waals surface area contributed by atoms with E-state index in [1.165, 1.54) is 15.6 Å². The SMILES string of the molecule is NC(=O)CCCCNC1CCc2c(Br)cccc21. The maximum atomic E-state index is 10.6. The molecule has 1 atom stereocenters. The summed E-state index contributed by atoms with van der Waals surface area (Å²) in [7, 11) is 0. The topological polar surface area (TPSA) is 55.1 Å². The number of nitrogens with two attached hydrogens (primary N) is 1. The highest BCUT2D eigenvalue weighted by molar-refractivity contribution is 9.10. The number of hydrogen-bond acceptors (Lipinski definition) is 2. The molecule has 3 nitrogen and oxygen atoms in total. The van der Waals surface area contributed by atoms with Gasteiger partial charge in [-0.1, -0.05) is 28.1 Å². The summed E-state index contributed by atoms with van der Waals surface area (Å²) < 4.78 is 1.22. The predicted octanol–water partition coefficient (Wildman–Crippen LogP) is 2.68. The first kappa shape index (κ1) is 13.6. The molecule has 0 aliphatic heterocycles. The van der Waals surface area contributed by atoms with Gasteiger partial charge in [0.2, 0.25) is 5.91 Å². The van der Waals surface area contributed by atoms with Crippen molar-refractivity contribution in [3.05, 3.63) is 33.8 Å². The number of benzene rings is 1. The van der Waals surface area contributed by atoms with E-state index in [4.69, 9.17) is 5.73 Å². The second kappa shape index (κ2) is 6.34. The van der Waals surface area contributed by atoms with Gasteiger partial charge in [-0.2, -0.15) is 0 Å². The molecule has 18 heavy (non-hydrogen) atoms. The van der Waals surface area contributed by atoms with Crippen molar-refractivity contribution in [2.24, 2.45) is 5.73 Å². The number of carbonyl (C=O) groups excluding carboxylic acids is 1. The smallest absolute Gasteiger partial charge is 0.217 e. The molecule has 1 aliphatic carbocycles. The van der Waals surface area contributed by atoms with Crippen molar-refractivity contribution in [2.45, 2.75) is 38.1 Å². The molecule has 0 aromatic heterocycles. The summed E-state index contributed by atoms with van der Waals surface area (Å²) in [6.45, 7) is 0.948. The highest BCUT2D eigenvalue weighted by atomic mass is 79.9. The first-order valence-electron chi connectivity index (χ1n) is 6.47. The minimum Gasteiger partial charge on any atom is -0.370 e. The second-order valence-corrected chi connectivity index (χ2v) is 5.63. The van der Waals surface area contributed by atoms with Crippen molar-refractivity contribution in [3.8, 4) is 0 Å². The van der Waals surface area contributed by atoms with Gasteiger partial charge in [0, 0.05) is 16.9 Å². The number of rotatable bonds is 6. The average Bonchev–Trinajstić information content (AvgIpc) is 2.73. The summed E-state index contributed by atoms with van der Waals surface area (Å²) in [6.07, 6.45) is 4.67. The number of halogens is 1. The Morgan fingerprint density at radius 2 is 2.28 bits per heavy atom. The van der Waals surface area contributed by atoms with Crippen LogP contribution in [0.15, 0.2) is 22.7 Å². The molecule has 0 radical (unpaired) electrons. The Hall–Kier alpha value is -0.870. The zero-order chi connectivity index (χ0) is 13.0. The molecule has 1 aliphatic rings. The summed E-state index contributed by atoms with van der Waals surface area (Å²) >= 11 is 3.60. The summed E-state index contributed by atoms with van der Waals surface area (Å²) in [5.74, 6) is -0.204. The quantitative estimate of drug-likeness (QED) is 0.794. The van der Waals surface area contributed by atoms with Gasteiger partial charge in [-0.05, 0) is 49.4 Å². The highest BCUT2D eigenvalue weighted by Crippen LogP contribution is 2.35. The van der Waals surface area contributed by atoms with Crippen molar-refractivity contribution in [3.63, 3.8) is 0 Å². The van der Waals surface area contributed by atoms with E-state index in [0.29, 0.717) is 12.5 Å². The van der Waals surface area contributed by atoms with E-state index in [9.17, 15) is 4.79 Å². The maximum Gasteiger partial charge on any atom is 0.217 e. The van der Waals surface area contributed by atoms with Gasteiger partial charge in [0.25, 0.3) is 0 Å². The van der Waals surface area contributed by atoms with Crippen LogP contribution in [0.2, 0.25) is 0 Å². The van der Waals surface area contributed by atoms with Gasteiger partial charge >= 0.3 is 0 Å². The fraction of sp³-hybridized carbons (Fsp3) is 0.500. The molecule has 0 bridgehead atoms. The molecule has 4 heteroatoms. The zero-order valence-corrected chi connectivity index (χ0v) is 12.0. The van der Waals surface area contributed by atoms with Crippen molar-refractivity contribution >= 4 is 21.8 Å². The normalized spacial score (nSPS) is 17.7. The summed E-state index contributed by atoms with van der Waals surface area (Å²) in [5, 5.41) is 3.57. The lowest BCUT2D eigenvalue weighted by Crippen LogP contribution is -2.21. The third kappa shape index (κ3) is 3.33. The van der Waals surface area contributed by atoms with E-state index < -0.39 is 0 Å². The monoisotopic (exact) mass is 310 g/mol. The van der Waals surface area contributed by atoms with Gasteiger partial charge in [-0.3, -0.25) is 4.79 Å². The van der Waals surface area contributed by atoms with Crippen molar-refractivity contribution in [1.82, 2.24) is 5.32 Å². The molecule has 1 aromatic carbocycles. The van der Waals surface area contributed by atoms with Gasteiger partial charge in [0.15, 0.2) is 0 Å². The van der Waals surface area contributed by atoms with Gasteiger partial charge in [0.1, 0.15) is 0 Å². The molecular formula is C14H19BrN2O. The second-order valence-electron chi connectivity index (χ2n) is 4.78. The number of fused-ring (bicyclic) bond motifs is 1. The number of hydrogen-bond donors (Lipinski definition) is 2. The van der Waals surface area contributed by atoms with Gasteiger partial charge < -0.3 is 11.1 Å². The molecule has 1 unspecified atom stereocenters. The number of amides is 1. The van der Waals surface area contributed by atoms with E-state index in [2.05, 4.69) is 39.4 Å². The minimum atomic E-state index is -0.204. The molecule has 1 amide bonds. The van der Waals surface area contributed by atoms with Crippen LogP contribution in [0.3, 0.4) is 0 Å². The maximum absolute atomic E-state index is 10.6. The van der Waals surface area contributed by atoms with Gasteiger partial charge in [0.05, 0.1) is 0 Å². The summed E-state index contributed by atoms with van der Waals surface area (Å²) in [6, 6.07) is 6.87. The molecular weight excluding hydrogens is 292 g/mol. The van der Waals surface area contributed by atoms with Crippen LogP contribution in [0.1, 0.15) is 42.9 Å². The summed E-state index contributed by atoms with van der Waals surface area (Å²) in [5.41, 5.74) is 7.97. The number of nitrogens with one attached hydrogen (secondary N) is 1. The van der Waals surface area contributed by atoms with Crippen molar-refractivity contribution in [1.29, 1.82) is 0 Å². The van der Waals surface area contributed by atoms with Crippen LogP contribution in [0, 0.1) is 0 Å². The summed E-state index contributed by atoms with van der Waals surface area (Å²) in [4.78, 5) is 10.6. The predicted molar refractivity (Wildman–Crippen MR) is 76.3 cm³/mol. The van der Waals surface area contributed by atoms with E-state index in [1.54, 1.807) is 0 Å². The van der Waals surface area contributed by atoms with Crippen LogP contribution in [-0.4, -0.2) is 12.5 Å². The van der Waals surface area contributed by atoms with Gasteiger partial charge in [-0.25, -0.2) is 0 Å². The number of carbonyl (C=O) groups is 1. The molecule has 0 fully saturated rings. The highest BCUT2D eigenvalue weighted by Gasteiger charge is 2.22. The Kier molecular flexibility index (Phi) is 4.78. The first-order chi connectivity index (χ1) is 8.68. The Balaban J connectivity index is 1.80. The first-order valence-corrected chi connectivity index (χ1v) is 7.27. The number of primary amides is 1. The molecule has 2 rings (SSSR count). The van der Waals surface area contributed by atoms with Crippen LogP contribution in [0.25, 0.3) is 0 Å². The van der Waals surface area contributed by atoms with Crippen molar-refractivity contribution < 1.29 is 4.79 Å². The third-order valence-corrected chi connectivity index (χ3v) is 4.20. The van der Waals surface area contributed by atoms with Crippen molar-refractivity contribution in [2.75, 3.05) is 6.54 Å². The standard InChI is InChI=1S/C14H19BrN2O/c15-12-5-3-4-11-10(12)7-8-13(11)17-9-2-1-6-14(16)18/h3-5,13,17H,1-2,6-9H2,(H2,16,18). The molecule has 98 valence electrons. The van der Waals surface area contributed by atoms with Crippen LogP contribution in [0.4, 0.5) is 0 Å². The fourth-order valence-corrected chi connectivity index (χ4v) is 3.10. The minimum absolute atomic E-state index is 0.204. The van der Waals surface area contributed by atoms with Crippen LogP contribution in [0.5, 0.6) is 0 Å². The van der Waals surface area contributed by atoms with E-state index in [0.717, 1.165) is 32.2 Å². The largest absolute Gasteiger partial charge is 0.370 e. The Morgan fingerprint density at radius 1 is 1.44 bits per heavy atom. The fourth-order valence-electron chi connectivity index (χ4n) is 2.52. The molecule has 1 aromatic rings. The van der Waals surface area contributed by atoms with Crippen LogP contribution in [-0.2, 0) is 11.2 Å². The lowest BCUT2D eigenvalue weighted by atomic mass is 10.1. The number of unbranched alkanes of at least 4 members (excludes halogenated alkanes) is 1. The lowest BCUT2D eigenvalue weighted by Gasteiger charge is -2.14. The average molecular weight is 311 g/mol. The molecule has 0 saturated carbocycles. The van der Waals surface area contributed by atoms with Crippen LogP contribution < -0.4 is 11.1 Å². The molecule has 3 N–H and O–H groups in total. The Morgan fingerprint density at radius 3 is 3.06 bits per heavy atom. The van der Waals surface area contributed by atoms with Gasteiger partial charge in [-0.15, -0.1) is 0 Å². The lowest BCUT2D eigenvalue weighted by molar-refractivity contribution is -0.118. The Bertz CT molecular complexity index is 434. The zero-order valence-electron chi connectivity index (χ0n) is 10.4. The van der Waals surface area contributed by atoms with Crippen LogP contribution >= 0.6 is 15.9 Å². The molecule has 0 heterocycles. The molecule has 0 saturated heterocycles. The van der Waals surface area contributed by atoms with E-state index in [-0.39, 0.29) is 5.91 Å². The third-order valence-electron chi connectivity index (χ3n) is 3.45. The van der Waals surface area contributed by atoms with E-state index in [1.807, 2.05) is 0 Å². The Labute approximate surface area is 116 Å².